The maximum absolute atomic E-state index is 14.0. The number of hydrogen-bond acceptors (Lipinski definition) is 5. The first-order valence-corrected chi connectivity index (χ1v) is 12.9. The zero-order chi connectivity index (χ0) is 30.6. The molecule has 4 aromatic rings. The van der Waals surface area contributed by atoms with Crippen molar-refractivity contribution in [3.05, 3.63) is 113 Å². The van der Waals surface area contributed by atoms with Gasteiger partial charge in [-0.15, -0.1) is 0 Å². The second kappa shape index (κ2) is 10.4. The summed E-state index contributed by atoms with van der Waals surface area (Å²) in [6.45, 7) is -0.216. The highest BCUT2D eigenvalue weighted by molar-refractivity contribution is 7.87. The van der Waals surface area contributed by atoms with Crippen LogP contribution in [0.1, 0.15) is 16.7 Å². The van der Waals surface area contributed by atoms with Gasteiger partial charge < -0.3 is 8.92 Å². The molecule has 0 bridgehead atoms. The van der Waals surface area contributed by atoms with Crippen molar-refractivity contribution >= 4 is 15.7 Å². The van der Waals surface area contributed by atoms with Crippen molar-refractivity contribution in [3.8, 4) is 22.6 Å². The Balaban J connectivity index is 1.57. The van der Waals surface area contributed by atoms with E-state index in [4.69, 9.17) is 4.74 Å². The van der Waals surface area contributed by atoms with Gasteiger partial charge >= 0.3 is 16.3 Å². The van der Waals surface area contributed by atoms with E-state index in [-0.39, 0.29) is 40.2 Å². The highest BCUT2D eigenvalue weighted by atomic mass is 32.2. The lowest BCUT2D eigenvalue weighted by atomic mass is 9.88. The van der Waals surface area contributed by atoms with Crippen LogP contribution in [0.15, 0.2) is 65.7 Å². The molecule has 1 aliphatic rings. The van der Waals surface area contributed by atoms with Gasteiger partial charge in [0, 0.05) is 23.4 Å². The molecule has 0 saturated carbocycles. The number of halogens is 9. The second-order valence-corrected chi connectivity index (χ2v) is 10.2. The average Bonchev–Trinajstić information content (AvgIpc) is 2.96. The number of rotatable bonds is 5. The summed E-state index contributed by atoms with van der Waals surface area (Å²) in [6.07, 6.45) is -2.21. The summed E-state index contributed by atoms with van der Waals surface area (Å²) in [5.41, 5.74) is -0.245. The zero-order valence-corrected chi connectivity index (χ0v) is 21.2. The predicted octanol–water partition coefficient (Wildman–Crippen LogP) is 7.19. The standard InChI is InChI=1S/C27H12F9NO4S/c28-20-6-1-12(11-37-20)18-9-13(27(34,35)36)2-4-15(18)16-7-8-40-19-10-14(3-5-17(16)19)42(38,39)41-26-24(32)22(30)21(29)23(31)25(26)33/h1-7,9-11H,8H2. The summed E-state index contributed by atoms with van der Waals surface area (Å²) in [7, 11) is -5.20. The molecule has 5 rings (SSSR count). The lowest BCUT2D eigenvalue weighted by Gasteiger charge is -2.22. The molecule has 3 aromatic carbocycles. The maximum Gasteiger partial charge on any atom is 0.416 e. The highest BCUT2D eigenvalue weighted by Crippen LogP contribution is 2.42. The molecule has 0 aliphatic carbocycles. The van der Waals surface area contributed by atoms with Gasteiger partial charge in [0.15, 0.2) is 0 Å². The quantitative estimate of drug-likeness (QED) is 0.0780. The van der Waals surface area contributed by atoms with Gasteiger partial charge in [-0.3, -0.25) is 0 Å². The van der Waals surface area contributed by atoms with E-state index < -0.39 is 67.5 Å². The molecule has 0 radical (unpaired) electrons. The molecule has 5 nitrogen and oxygen atoms in total. The second-order valence-electron chi connectivity index (χ2n) is 8.65. The fourth-order valence-electron chi connectivity index (χ4n) is 4.13. The number of aromatic nitrogens is 1. The molecule has 15 heteroatoms. The Labute approximate surface area is 230 Å². The van der Waals surface area contributed by atoms with E-state index >= 15 is 0 Å². The largest absolute Gasteiger partial charge is 0.489 e. The van der Waals surface area contributed by atoms with Crippen molar-refractivity contribution in [1.82, 2.24) is 4.98 Å². The molecule has 0 unspecified atom stereocenters. The SMILES string of the molecule is O=S(=O)(Oc1c(F)c(F)c(F)c(F)c1F)c1ccc2c(c1)OCC=C2c1ccc(C(F)(F)F)cc1-c1ccc(F)nc1. The molecule has 0 amide bonds. The Morgan fingerprint density at radius 1 is 0.762 bits per heavy atom. The first-order valence-electron chi connectivity index (χ1n) is 11.5. The van der Waals surface area contributed by atoms with E-state index in [2.05, 4.69) is 9.17 Å². The van der Waals surface area contributed by atoms with Gasteiger partial charge in [-0.1, -0.05) is 6.07 Å². The Morgan fingerprint density at radius 3 is 2.02 bits per heavy atom. The molecule has 0 fully saturated rings. The fourth-order valence-corrected chi connectivity index (χ4v) is 5.07. The maximum atomic E-state index is 14.0. The van der Waals surface area contributed by atoms with Gasteiger partial charge in [-0.05, 0) is 59.2 Å². The zero-order valence-electron chi connectivity index (χ0n) is 20.4. The van der Waals surface area contributed by atoms with Crippen LogP contribution in [0.4, 0.5) is 39.5 Å². The van der Waals surface area contributed by atoms with Crippen LogP contribution in [-0.2, 0) is 16.3 Å². The molecule has 2 heterocycles. The molecular weight excluding hydrogens is 605 g/mol. The van der Waals surface area contributed by atoms with E-state index in [0.717, 1.165) is 48.7 Å². The van der Waals surface area contributed by atoms with Gasteiger partial charge in [0.25, 0.3) is 0 Å². The Bertz CT molecular complexity index is 1840. The third-order valence-electron chi connectivity index (χ3n) is 6.10. The van der Waals surface area contributed by atoms with Crippen LogP contribution in [0.3, 0.4) is 0 Å². The predicted molar refractivity (Wildman–Crippen MR) is 128 cm³/mol. The smallest absolute Gasteiger partial charge is 0.416 e. The number of alkyl halides is 3. The first-order chi connectivity index (χ1) is 19.7. The summed E-state index contributed by atoms with van der Waals surface area (Å²) in [5, 5.41) is 0. The molecule has 42 heavy (non-hydrogen) atoms. The van der Waals surface area contributed by atoms with E-state index in [1.807, 2.05) is 0 Å². The van der Waals surface area contributed by atoms with Crippen LogP contribution in [0.2, 0.25) is 0 Å². The summed E-state index contributed by atoms with van der Waals surface area (Å²) in [4.78, 5) is 2.68. The Kier molecular flexibility index (Phi) is 7.17. The fraction of sp³-hybridized carbons (Fsp3) is 0.0741. The third-order valence-corrected chi connectivity index (χ3v) is 7.31. The Hall–Kier alpha value is -4.53. The number of benzene rings is 3. The molecule has 0 atom stereocenters. The highest BCUT2D eigenvalue weighted by Gasteiger charge is 2.33. The summed E-state index contributed by atoms with van der Waals surface area (Å²) in [6, 6.07) is 7.80. The normalized spacial score (nSPS) is 13.3. The van der Waals surface area contributed by atoms with Crippen molar-refractivity contribution < 1.29 is 56.9 Å². The lowest BCUT2D eigenvalue weighted by Crippen LogP contribution is -2.15. The molecule has 218 valence electrons. The molecule has 0 N–H and O–H groups in total. The van der Waals surface area contributed by atoms with Crippen LogP contribution in [0, 0.1) is 35.0 Å². The Morgan fingerprint density at radius 2 is 1.40 bits per heavy atom. The monoisotopic (exact) mass is 617 g/mol. The molecular formula is C27H12F9NO4S. The minimum atomic E-state index is -5.20. The third kappa shape index (κ3) is 5.15. The lowest BCUT2D eigenvalue weighted by molar-refractivity contribution is -0.137. The van der Waals surface area contributed by atoms with Crippen LogP contribution in [0.5, 0.6) is 11.5 Å². The van der Waals surface area contributed by atoms with Crippen molar-refractivity contribution in [2.45, 2.75) is 11.1 Å². The number of hydrogen-bond donors (Lipinski definition) is 0. The number of pyridine rings is 1. The van der Waals surface area contributed by atoms with E-state index in [0.29, 0.717) is 0 Å². The number of ether oxygens (including phenoxy) is 1. The number of nitrogens with zero attached hydrogens (tertiary/aromatic N) is 1. The van der Waals surface area contributed by atoms with Gasteiger partial charge in [0.05, 0.1) is 5.56 Å². The van der Waals surface area contributed by atoms with Crippen LogP contribution in [-0.4, -0.2) is 20.0 Å². The molecule has 1 aromatic heterocycles. The summed E-state index contributed by atoms with van der Waals surface area (Å²) in [5.74, 6) is -15.5. The van der Waals surface area contributed by atoms with E-state index in [9.17, 15) is 47.9 Å². The minimum absolute atomic E-state index is 0.00256. The van der Waals surface area contributed by atoms with Crippen LogP contribution < -0.4 is 8.92 Å². The van der Waals surface area contributed by atoms with Crippen LogP contribution >= 0.6 is 0 Å². The van der Waals surface area contributed by atoms with Crippen molar-refractivity contribution in [1.29, 1.82) is 0 Å². The van der Waals surface area contributed by atoms with Crippen LogP contribution in [0.25, 0.3) is 16.7 Å². The van der Waals surface area contributed by atoms with Gasteiger partial charge in [0.1, 0.15) is 17.3 Å². The number of fused-ring (bicyclic) bond motifs is 1. The van der Waals surface area contributed by atoms with Crippen molar-refractivity contribution in [2.24, 2.45) is 0 Å². The van der Waals surface area contributed by atoms with Gasteiger partial charge in [0.2, 0.25) is 40.8 Å². The summed E-state index contributed by atoms with van der Waals surface area (Å²) >= 11 is 0. The molecule has 0 saturated heterocycles. The first kappa shape index (κ1) is 29.0. The van der Waals surface area contributed by atoms with E-state index in [1.165, 1.54) is 12.1 Å². The summed E-state index contributed by atoms with van der Waals surface area (Å²) < 4.78 is 158. The van der Waals surface area contributed by atoms with Crippen molar-refractivity contribution in [3.63, 3.8) is 0 Å². The van der Waals surface area contributed by atoms with Crippen molar-refractivity contribution in [2.75, 3.05) is 6.61 Å². The van der Waals surface area contributed by atoms with E-state index in [1.54, 1.807) is 0 Å². The topological polar surface area (TPSA) is 65.5 Å². The minimum Gasteiger partial charge on any atom is -0.489 e. The van der Waals surface area contributed by atoms with Gasteiger partial charge in [-0.2, -0.15) is 34.8 Å². The average molecular weight is 617 g/mol. The molecule has 0 spiro atoms. The molecule has 1 aliphatic heterocycles. The van der Waals surface area contributed by atoms with Gasteiger partial charge in [-0.25, -0.2) is 18.2 Å².